The molecule has 3 rings (SSSR count). The second-order valence-electron chi connectivity index (χ2n) is 7.32. The van der Waals surface area contributed by atoms with Crippen molar-refractivity contribution < 1.29 is 14.3 Å². The number of benzene rings is 1. The van der Waals surface area contributed by atoms with E-state index >= 15 is 0 Å². The van der Waals surface area contributed by atoms with Crippen molar-refractivity contribution in [3.05, 3.63) is 35.9 Å². The first-order valence-electron chi connectivity index (χ1n) is 9.34. The van der Waals surface area contributed by atoms with E-state index in [1.54, 1.807) is 7.11 Å². The van der Waals surface area contributed by atoms with Gasteiger partial charge in [0.1, 0.15) is 6.61 Å². The summed E-state index contributed by atoms with van der Waals surface area (Å²) in [7, 11) is 1.55. The van der Waals surface area contributed by atoms with Crippen LogP contribution in [0.1, 0.15) is 24.8 Å². The van der Waals surface area contributed by atoms with Crippen molar-refractivity contribution in [2.75, 3.05) is 46.6 Å². The van der Waals surface area contributed by atoms with E-state index < -0.39 is 0 Å². The van der Waals surface area contributed by atoms with E-state index in [9.17, 15) is 4.79 Å². The summed E-state index contributed by atoms with van der Waals surface area (Å²) in [5.74, 6) is -0.0381. The molecule has 1 N–H and O–H groups in total. The van der Waals surface area contributed by atoms with Gasteiger partial charge in [-0.05, 0) is 49.8 Å². The first-order chi connectivity index (χ1) is 12.2. The largest absolute Gasteiger partial charge is 0.379 e. The summed E-state index contributed by atoms with van der Waals surface area (Å²) in [5, 5.41) is 3.15. The second-order valence-corrected chi connectivity index (χ2v) is 7.32. The Morgan fingerprint density at radius 2 is 2.04 bits per heavy atom. The van der Waals surface area contributed by atoms with Crippen LogP contribution in [-0.4, -0.2) is 63.4 Å². The molecule has 0 aliphatic carbocycles. The topological polar surface area (TPSA) is 50.8 Å². The van der Waals surface area contributed by atoms with Gasteiger partial charge in [0.15, 0.2) is 0 Å². The number of hydrogen-bond donors (Lipinski definition) is 1. The molecular formula is C20H30N2O3. The number of nitrogens with zero attached hydrogens (tertiary/aromatic N) is 1. The SMILES string of the molecule is COCC(=O)N[C@H]1COCCC12CCN(CCc1ccccc1)CC2. The minimum absolute atomic E-state index is 0.0381. The molecule has 2 heterocycles. The number of carbonyl (C=O) groups is 1. The molecule has 0 bridgehead atoms. The fraction of sp³-hybridized carbons (Fsp3) is 0.650. The zero-order valence-corrected chi connectivity index (χ0v) is 15.2. The van der Waals surface area contributed by atoms with Crippen molar-refractivity contribution in [3.8, 4) is 0 Å². The van der Waals surface area contributed by atoms with E-state index in [4.69, 9.17) is 9.47 Å². The molecule has 0 unspecified atom stereocenters. The number of carbonyl (C=O) groups excluding carboxylic acids is 1. The van der Waals surface area contributed by atoms with Crippen LogP contribution in [0.25, 0.3) is 0 Å². The van der Waals surface area contributed by atoms with Crippen LogP contribution in [0.15, 0.2) is 30.3 Å². The Bertz CT molecular complexity index is 541. The van der Waals surface area contributed by atoms with Crippen LogP contribution in [0.3, 0.4) is 0 Å². The summed E-state index contributed by atoms with van der Waals surface area (Å²) in [6, 6.07) is 10.8. The Morgan fingerprint density at radius 3 is 2.76 bits per heavy atom. The Morgan fingerprint density at radius 1 is 1.28 bits per heavy atom. The number of methoxy groups -OCH3 is 1. The molecule has 1 atom stereocenters. The van der Waals surface area contributed by atoms with Gasteiger partial charge < -0.3 is 19.7 Å². The highest BCUT2D eigenvalue weighted by Crippen LogP contribution is 2.40. The first kappa shape index (κ1) is 18.4. The average molecular weight is 346 g/mol. The molecule has 2 saturated heterocycles. The predicted octanol–water partition coefficient (Wildman–Crippen LogP) is 1.86. The molecule has 138 valence electrons. The second kappa shape index (κ2) is 8.79. The van der Waals surface area contributed by atoms with E-state index in [2.05, 4.69) is 40.5 Å². The van der Waals surface area contributed by atoms with Crippen LogP contribution in [0, 0.1) is 5.41 Å². The van der Waals surface area contributed by atoms with Crippen molar-refractivity contribution in [3.63, 3.8) is 0 Å². The zero-order valence-electron chi connectivity index (χ0n) is 15.2. The molecule has 5 heteroatoms. The molecule has 1 spiro atoms. The standard InChI is InChI=1S/C20H30N2O3/c1-24-16-19(23)21-18-15-25-14-10-20(18)8-12-22(13-9-20)11-7-17-5-3-2-4-6-17/h2-6,18H,7-16H2,1H3,(H,21,23)/t18-/m0/s1. The van der Waals surface area contributed by atoms with Crippen LogP contribution < -0.4 is 5.32 Å². The first-order valence-corrected chi connectivity index (χ1v) is 9.34. The van der Waals surface area contributed by atoms with Gasteiger partial charge in [-0.2, -0.15) is 0 Å². The van der Waals surface area contributed by atoms with E-state index in [0.29, 0.717) is 6.61 Å². The van der Waals surface area contributed by atoms with Crippen molar-refractivity contribution >= 4 is 5.91 Å². The van der Waals surface area contributed by atoms with Crippen molar-refractivity contribution in [2.45, 2.75) is 31.7 Å². The van der Waals surface area contributed by atoms with Crippen LogP contribution in [0.2, 0.25) is 0 Å². The van der Waals surface area contributed by atoms with E-state index in [1.165, 1.54) is 5.56 Å². The molecule has 5 nitrogen and oxygen atoms in total. The Balaban J connectivity index is 1.52. The Labute approximate surface area is 150 Å². The highest BCUT2D eigenvalue weighted by atomic mass is 16.5. The van der Waals surface area contributed by atoms with Crippen molar-refractivity contribution in [1.82, 2.24) is 10.2 Å². The summed E-state index contributed by atoms with van der Waals surface area (Å²) >= 11 is 0. The van der Waals surface area contributed by atoms with Gasteiger partial charge in [-0.3, -0.25) is 4.79 Å². The predicted molar refractivity (Wildman–Crippen MR) is 97.5 cm³/mol. The monoisotopic (exact) mass is 346 g/mol. The van der Waals surface area contributed by atoms with Gasteiger partial charge in [0, 0.05) is 20.3 Å². The molecule has 0 aromatic heterocycles. The highest BCUT2D eigenvalue weighted by Gasteiger charge is 2.44. The summed E-state index contributed by atoms with van der Waals surface area (Å²) in [6.45, 7) is 4.86. The maximum Gasteiger partial charge on any atom is 0.246 e. The van der Waals surface area contributed by atoms with Gasteiger partial charge in [0.05, 0.1) is 12.6 Å². The lowest BCUT2D eigenvalue weighted by molar-refractivity contribution is -0.130. The van der Waals surface area contributed by atoms with Gasteiger partial charge in [-0.25, -0.2) is 0 Å². The summed E-state index contributed by atoms with van der Waals surface area (Å²) in [5.41, 5.74) is 1.59. The van der Waals surface area contributed by atoms with Crippen LogP contribution >= 0.6 is 0 Å². The third-order valence-electron chi connectivity index (χ3n) is 5.79. The van der Waals surface area contributed by atoms with E-state index in [1.807, 2.05) is 0 Å². The summed E-state index contributed by atoms with van der Waals surface area (Å²) in [6.07, 6.45) is 4.40. The minimum Gasteiger partial charge on any atom is -0.379 e. The van der Waals surface area contributed by atoms with Crippen molar-refractivity contribution in [1.29, 1.82) is 0 Å². The lowest BCUT2D eigenvalue weighted by Gasteiger charge is -2.49. The lowest BCUT2D eigenvalue weighted by atomic mass is 9.69. The van der Waals surface area contributed by atoms with Crippen LogP contribution in [0.4, 0.5) is 0 Å². The zero-order chi connectivity index (χ0) is 17.5. The van der Waals surface area contributed by atoms with E-state index in [-0.39, 0.29) is 24.0 Å². The molecule has 1 amide bonds. The fourth-order valence-corrected chi connectivity index (χ4v) is 4.14. The maximum atomic E-state index is 12.0. The number of piperidine rings is 1. The van der Waals surface area contributed by atoms with Crippen LogP contribution in [-0.2, 0) is 20.7 Å². The molecule has 0 saturated carbocycles. The minimum atomic E-state index is -0.0381. The number of nitrogens with one attached hydrogen (secondary N) is 1. The fourth-order valence-electron chi connectivity index (χ4n) is 4.14. The number of ether oxygens (including phenoxy) is 2. The molecule has 2 fully saturated rings. The van der Waals surface area contributed by atoms with Gasteiger partial charge in [-0.1, -0.05) is 30.3 Å². The van der Waals surface area contributed by atoms with Gasteiger partial charge >= 0.3 is 0 Å². The van der Waals surface area contributed by atoms with E-state index in [0.717, 1.165) is 51.9 Å². The normalized spacial score (nSPS) is 23.5. The molecule has 1 aromatic carbocycles. The average Bonchev–Trinajstić information content (AvgIpc) is 2.64. The van der Waals surface area contributed by atoms with Gasteiger partial charge in [-0.15, -0.1) is 0 Å². The summed E-state index contributed by atoms with van der Waals surface area (Å²) in [4.78, 5) is 14.5. The molecule has 0 radical (unpaired) electrons. The number of rotatable bonds is 6. The van der Waals surface area contributed by atoms with Gasteiger partial charge in [0.2, 0.25) is 5.91 Å². The molecule has 25 heavy (non-hydrogen) atoms. The van der Waals surface area contributed by atoms with Gasteiger partial charge in [0.25, 0.3) is 0 Å². The Kier molecular flexibility index (Phi) is 6.45. The smallest absolute Gasteiger partial charge is 0.246 e. The number of amides is 1. The Hall–Kier alpha value is -1.43. The summed E-state index contributed by atoms with van der Waals surface area (Å²) < 4.78 is 10.6. The third-order valence-corrected chi connectivity index (χ3v) is 5.79. The van der Waals surface area contributed by atoms with Crippen molar-refractivity contribution in [2.24, 2.45) is 5.41 Å². The molecule has 1 aromatic rings. The number of likely N-dealkylation sites (tertiary alicyclic amines) is 1. The maximum absolute atomic E-state index is 12.0. The number of hydrogen-bond acceptors (Lipinski definition) is 4. The van der Waals surface area contributed by atoms with Crippen LogP contribution in [0.5, 0.6) is 0 Å². The highest BCUT2D eigenvalue weighted by molar-refractivity contribution is 5.77. The quantitative estimate of drug-likeness (QED) is 0.854. The lowest BCUT2D eigenvalue weighted by Crippen LogP contribution is -2.58. The molecule has 2 aliphatic rings. The third kappa shape index (κ3) is 4.81. The molecule has 2 aliphatic heterocycles. The molecular weight excluding hydrogens is 316 g/mol.